The van der Waals surface area contributed by atoms with Crippen molar-refractivity contribution < 1.29 is 8.78 Å². The topological polar surface area (TPSA) is 67.1 Å². The van der Waals surface area contributed by atoms with Crippen LogP contribution in [0, 0.1) is 0 Å². The van der Waals surface area contributed by atoms with Crippen LogP contribution >= 0.6 is 11.6 Å². The maximum Gasteiger partial charge on any atom is 0.281 e. The summed E-state index contributed by atoms with van der Waals surface area (Å²) in [5, 5.41) is 9.99. The Morgan fingerprint density at radius 2 is 2.17 bits per heavy atom. The first-order chi connectivity index (χ1) is 11.5. The molecule has 3 aromatic rings. The van der Waals surface area contributed by atoms with E-state index in [4.69, 9.17) is 11.6 Å². The number of hydrogen-bond donors (Lipinski definition) is 2. The zero-order valence-electron chi connectivity index (χ0n) is 12.4. The molecule has 9 heteroatoms. The first kappa shape index (κ1) is 15.2. The van der Waals surface area contributed by atoms with Gasteiger partial charge < -0.3 is 10.6 Å². The summed E-state index contributed by atoms with van der Waals surface area (Å²) >= 11 is 5.93. The highest BCUT2D eigenvalue weighted by molar-refractivity contribution is 6.29. The molecule has 1 fully saturated rings. The summed E-state index contributed by atoms with van der Waals surface area (Å²) < 4.78 is 29.0. The number of alkyl halides is 2. The quantitative estimate of drug-likeness (QED) is 0.759. The van der Waals surface area contributed by atoms with Gasteiger partial charge in [0, 0.05) is 6.54 Å². The molecule has 1 saturated heterocycles. The van der Waals surface area contributed by atoms with Gasteiger partial charge >= 0.3 is 0 Å². The largest absolute Gasteiger partial charge is 0.360 e. The van der Waals surface area contributed by atoms with E-state index in [1.54, 1.807) is 41.0 Å². The zero-order chi connectivity index (χ0) is 16.7. The minimum Gasteiger partial charge on any atom is -0.360 e. The molecule has 1 aliphatic heterocycles. The van der Waals surface area contributed by atoms with Crippen LogP contribution in [-0.4, -0.2) is 44.6 Å². The number of fused-ring (bicyclic) bond motifs is 1. The van der Waals surface area contributed by atoms with Crippen LogP contribution in [-0.2, 0) is 0 Å². The van der Waals surface area contributed by atoms with Crippen LogP contribution in [0.15, 0.2) is 36.5 Å². The third kappa shape index (κ3) is 2.67. The monoisotopic (exact) mass is 350 g/mol. The van der Waals surface area contributed by atoms with E-state index in [2.05, 4.69) is 25.7 Å². The van der Waals surface area contributed by atoms with Crippen molar-refractivity contribution >= 4 is 23.1 Å². The third-order valence-electron chi connectivity index (χ3n) is 3.88. The van der Waals surface area contributed by atoms with Gasteiger partial charge in [0.2, 0.25) is 0 Å². The number of hydrogen-bond acceptors (Lipinski definition) is 5. The second-order valence-electron chi connectivity index (χ2n) is 5.57. The van der Waals surface area contributed by atoms with Gasteiger partial charge in [-0.25, -0.2) is 23.3 Å². The third-order valence-corrected chi connectivity index (χ3v) is 4.08. The first-order valence-corrected chi connectivity index (χ1v) is 7.73. The fraction of sp³-hybridized carbons (Fsp3) is 0.267. The maximum atomic E-state index is 13.7. The van der Waals surface area contributed by atoms with E-state index < -0.39 is 12.0 Å². The highest BCUT2D eigenvalue weighted by atomic mass is 35.5. The predicted molar refractivity (Wildman–Crippen MR) is 86.5 cm³/mol. The van der Waals surface area contributed by atoms with Gasteiger partial charge in [-0.2, -0.15) is 5.10 Å². The number of pyridine rings is 1. The van der Waals surface area contributed by atoms with E-state index in [0.717, 1.165) is 0 Å². The minimum atomic E-state index is -2.81. The molecule has 0 spiro atoms. The molecule has 0 saturated carbocycles. The number of aromatic nitrogens is 4. The molecule has 24 heavy (non-hydrogen) atoms. The molecule has 0 aromatic carbocycles. The van der Waals surface area contributed by atoms with Crippen molar-refractivity contribution in [1.29, 1.82) is 0 Å². The summed E-state index contributed by atoms with van der Waals surface area (Å²) in [4.78, 5) is 8.65. The molecule has 1 unspecified atom stereocenters. The van der Waals surface area contributed by atoms with Gasteiger partial charge in [-0.1, -0.05) is 17.7 Å². The smallest absolute Gasteiger partial charge is 0.281 e. The van der Waals surface area contributed by atoms with Crippen molar-refractivity contribution in [3.05, 3.63) is 41.7 Å². The second kappa shape index (κ2) is 5.64. The Morgan fingerprint density at radius 3 is 2.96 bits per heavy atom. The van der Waals surface area contributed by atoms with Gasteiger partial charge in [-0.15, -0.1) is 0 Å². The molecule has 0 radical (unpaired) electrons. The molecule has 3 aromatic heterocycles. The second-order valence-corrected chi connectivity index (χ2v) is 5.95. The van der Waals surface area contributed by atoms with Gasteiger partial charge in [-0.3, -0.25) is 0 Å². The lowest BCUT2D eigenvalue weighted by Gasteiger charge is -2.19. The Kier molecular flexibility index (Phi) is 3.58. The normalized spacial score (nSPS) is 19.7. The Morgan fingerprint density at radius 1 is 1.29 bits per heavy atom. The zero-order valence-corrected chi connectivity index (χ0v) is 13.1. The summed E-state index contributed by atoms with van der Waals surface area (Å²) in [6.45, 7) is -0.147. The average molecular weight is 351 g/mol. The minimum absolute atomic E-state index is 0.186. The molecule has 0 aliphatic carbocycles. The Balaban J connectivity index is 1.68. The number of imidazole rings is 1. The molecule has 4 rings (SSSR count). The van der Waals surface area contributed by atoms with E-state index in [1.807, 2.05) is 0 Å². The van der Waals surface area contributed by atoms with Crippen LogP contribution in [0.2, 0.25) is 5.15 Å². The van der Waals surface area contributed by atoms with E-state index >= 15 is 0 Å². The van der Waals surface area contributed by atoms with Crippen LogP contribution in [0.1, 0.15) is 0 Å². The number of rotatable bonds is 3. The highest BCUT2D eigenvalue weighted by Crippen LogP contribution is 2.26. The van der Waals surface area contributed by atoms with E-state index in [0.29, 0.717) is 28.0 Å². The number of nitrogens with one attached hydrogen (secondary N) is 2. The highest BCUT2D eigenvalue weighted by Gasteiger charge is 2.44. The lowest BCUT2D eigenvalue weighted by atomic mass is 10.2. The van der Waals surface area contributed by atoms with Gasteiger partial charge in [0.05, 0.1) is 18.4 Å². The van der Waals surface area contributed by atoms with Crippen LogP contribution in [0.25, 0.3) is 17.0 Å². The fourth-order valence-electron chi connectivity index (χ4n) is 2.67. The maximum absolute atomic E-state index is 13.7. The molecule has 124 valence electrons. The van der Waals surface area contributed by atoms with Crippen molar-refractivity contribution in [3.8, 4) is 11.4 Å². The SMILES string of the molecule is FC1(F)CNCC1Nc1cccc(-c2cnc3ccc(Cl)nn23)n1. The fourth-order valence-corrected chi connectivity index (χ4v) is 2.81. The number of anilines is 1. The molecule has 1 aliphatic rings. The van der Waals surface area contributed by atoms with Crippen molar-refractivity contribution in [2.75, 3.05) is 18.4 Å². The lowest BCUT2D eigenvalue weighted by Crippen LogP contribution is -2.38. The first-order valence-electron chi connectivity index (χ1n) is 7.36. The predicted octanol–water partition coefficient (Wildman–Crippen LogP) is 2.46. The molecule has 0 amide bonds. The van der Waals surface area contributed by atoms with E-state index in [-0.39, 0.29) is 13.1 Å². The molecule has 1 atom stereocenters. The molecule has 6 nitrogen and oxygen atoms in total. The van der Waals surface area contributed by atoms with Crippen molar-refractivity contribution in [3.63, 3.8) is 0 Å². The van der Waals surface area contributed by atoms with E-state index in [1.165, 1.54) is 0 Å². The lowest BCUT2D eigenvalue weighted by molar-refractivity contribution is 0.0138. The molecular formula is C15H13ClF2N6. The van der Waals surface area contributed by atoms with Gasteiger partial charge in [-0.05, 0) is 24.3 Å². The summed E-state index contributed by atoms with van der Waals surface area (Å²) in [7, 11) is 0. The van der Waals surface area contributed by atoms with Gasteiger partial charge in [0.1, 0.15) is 22.7 Å². The summed E-state index contributed by atoms with van der Waals surface area (Å²) in [6, 6.07) is 7.56. The van der Waals surface area contributed by atoms with Crippen molar-refractivity contribution in [2.24, 2.45) is 0 Å². The van der Waals surface area contributed by atoms with Gasteiger partial charge in [0.25, 0.3) is 5.92 Å². The number of nitrogens with zero attached hydrogens (tertiary/aromatic N) is 4. The van der Waals surface area contributed by atoms with Crippen molar-refractivity contribution in [1.82, 2.24) is 24.9 Å². The van der Waals surface area contributed by atoms with E-state index in [9.17, 15) is 8.78 Å². The standard InChI is InChI=1S/C15H13ClF2N6/c16-12-4-5-14-20-6-10(24(14)23-12)9-2-1-3-13(21-9)22-11-7-19-8-15(11,17)18/h1-6,11,19H,7-8H2,(H,21,22). The molecule has 2 N–H and O–H groups in total. The summed E-state index contributed by atoms with van der Waals surface area (Å²) in [5.74, 6) is -2.44. The van der Waals surface area contributed by atoms with Crippen LogP contribution in [0.4, 0.5) is 14.6 Å². The molecule has 4 heterocycles. The van der Waals surface area contributed by atoms with Gasteiger partial charge in [0.15, 0.2) is 5.65 Å². The molecule has 0 bridgehead atoms. The number of halogens is 3. The van der Waals surface area contributed by atoms with Crippen molar-refractivity contribution in [2.45, 2.75) is 12.0 Å². The van der Waals surface area contributed by atoms with Crippen LogP contribution in [0.5, 0.6) is 0 Å². The Bertz CT molecular complexity index is 897. The Labute approximate surface area is 140 Å². The Hall–Kier alpha value is -2.32. The summed E-state index contributed by atoms with van der Waals surface area (Å²) in [6.07, 6.45) is 1.62. The summed E-state index contributed by atoms with van der Waals surface area (Å²) in [5.41, 5.74) is 1.82. The molecular weight excluding hydrogens is 338 g/mol. The average Bonchev–Trinajstić information content (AvgIpc) is 3.11. The van der Waals surface area contributed by atoms with Crippen LogP contribution in [0.3, 0.4) is 0 Å². The van der Waals surface area contributed by atoms with Crippen LogP contribution < -0.4 is 10.6 Å².